The van der Waals surface area contributed by atoms with Gasteiger partial charge in [-0.1, -0.05) is 6.08 Å². The van der Waals surface area contributed by atoms with Gasteiger partial charge in [0.2, 0.25) is 0 Å². The quantitative estimate of drug-likeness (QED) is 0.518. The number of ether oxygens (including phenoxy) is 2. The largest absolute Gasteiger partial charge is 0.466 e. The summed E-state index contributed by atoms with van der Waals surface area (Å²) in [6, 6.07) is 0. The van der Waals surface area contributed by atoms with Crippen molar-refractivity contribution in [3.8, 4) is 0 Å². The number of esters is 1. The van der Waals surface area contributed by atoms with Crippen molar-refractivity contribution >= 4 is 5.97 Å². The van der Waals surface area contributed by atoms with Gasteiger partial charge in [0.15, 0.2) is 0 Å². The van der Waals surface area contributed by atoms with Crippen molar-refractivity contribution in [2.45, 2.75) is 32.6 Å². The Balaban J connectivity index is 2.64. The Labute approximate surface area is 91.4 Å². The summed E-state index contributed by atoms with van der Waals surface area (Å²) in [4.78, 5) is 11.9. The fraction of sp³-hybridized carbons (Fsp3) is 0.750. The van der Waals surface area contributed by atoms with Crippen LogP contribution in [-0.2, 0) is 14.3 Å². The minimum atomic E-state index is -0.317. The molecule has 3 heteroatoms. The summed E-state index contributed by atoms with van der Waals surface area (Å²) in [5.74, 6) is -0.0600. The summed E-state index contributed by atoms with van der Waals surface area (Å²) < 4.78 is 10.5. The molecule has 0 N–H and O–H groups in total. The van der Waals surface area contributed by atoms with Crippen molar-refractivity contribution in [3.63, 3.8) is 0 Å². The fourth-order valence-electron chi connectivity index (χ4n) is 1.98. The topological polar surface area (TPSA) is 35.5 Å². The Kier molecular flexibility index (Phi) is 4.82. The average Bonchev–Trinajstić information content (AvgIpc) is 2.28. The van der Waals surface area contributed by atoms with Crippen LogP contribution in [0.4, 0.5) is 0 Å². The van der Waals surface area contributed by atoms with Gasteiger partial charge in [-0.2, -0.15) is 0 Å². The molecule has 3 nitrogen and oxygen atoms in total. The molecule has 1 heterocycles. The van der Waals surface area contributed by atoms with Crippen LogP contribution < -0.4 is 0 Å². The van der Waals surface area contributed by atoms with Crippen LogP contribution in [0.15, 0.2) is 12.7 Å². The van der Waals surface area contributed by atoms with Gasteiger partial charge >= 0.3 is 5.97 Å². The normalized spacial score (nSPS) is 19.5. The highest BCUT2D eigenvalue weighted by molar-refractivity contribution is 5.77. The molecule has 0 bridgehead atoms. The third-order valence-corrected chi connectivity index (χ3v) is 2.99. The van der Waals surface area contributed by atoms with Crippen molar-refractivity contribution in [2.75, 3.05) is 19.8 Å². The second kappa shape index (κ2) is 5.91. The van der Waals surface area contributed by atoms with E-state index >= 15 is 0 Å². The number of hydrogen-bond donors (Lipinski definition) is 0. The number of rotatable bonds is 5. The molecule has 0 spiro atoms. The lowest BCUT2D eigenvalue weighted by molar-refractivity contribution is -0.162. The van der Waals surface area contributed by atoms with Crippen LogP contribution in [0, 0.1) is 5.41 Å². The predicted octanol–water partition coefficient (Wildman–Crippen LogP) is 2.31. The first-order valence-corrected chi connectivity index (χ1v) is 5.61. The summed E-state index contributed by atoms with van der Waals surface area (Å²) in [5.41, 5.74) is -0.317. The SMILES string of the molecule is C=CCCC1(C(=O)OCC)CCOCC1. The van der Waals surface area contributed by atoms with Crippen molar-refractivity contribution in [2.24, 2.45) is 5.41 Å². The van der Waals surface area contributed by atoms with Gasteiger partial charge in [-0.3, -0.25) is 4.79 Å². The van der Waals surface area contributed by atoms with E-state index in [0.29, 0.717) is 19.8 Å². The standard InChI is InChI=1S/C12H20O3/c1-3-5-6-12(11(13)15-4-2)7-9-14-10-8-12/h3H,1,4-10H2,2H3. The monoisotopic (exact) mass is 212 g/mol. The molecule has 15 heavy (non-hydrogen) atoms. The first-order valence-electron chi connectivity index (χ1n) is 5.61. The minimum absolute atomic E-state index is 0.0600. The Morgan fingerprint density at radius 3 is 2.73 bits per heavy atom. The molecule has 0 aromatic carbocycles. The van der Waals surface area contributed by atoms with Crippen LogP contribution in [0.5, 0.6) is 0 Å². The summed E-state index contributed by atoms with van der Waals surface area (Å²) in [6.45, 7) is 7.32. The molecular formula is C12H20O3. The van der Waals surface area contributed by atoms with Crippen LogP contribution in [0.3, 0.4) is 0 Å². The van der Waals surface area contributed by atoms with Crippen molar-refractivity contribution < 1.29 is 14.3 Å². The highest BCUT2D eigenvalue weighted by Gasteiger charge is 2.40. The molecule has 1 fully saturated rings. The predicted molar refractivity (Wildman–Crippen MR) is 58.6 cm³/mol. The van der Waals surface area contributed by atoms with Crippen LogP contribution >= 0.6 is 0 Å². The Morgan fingerprint density at radius 2 is 2.20 bits per heavy atom. The van der Waals surface area contributed by atoms with Gasteiger partial charge in [-0.05, 0) is 32.6 Å². The molecule has 0 unspecified atom stereocenters. The van der Waals surface area contributed by atoms with E-state index in [4.69, 9.17) is 9.47 Å². The number of carbonyl (C=O) groups is 1. The molecule has 1 aliphatic rings. The Bertz CT molecular complexity index is 217. The summed E-state index contributed by atoms with van der Waals surface area (Å²) in [6.07, 6.45) is 5.10. The van der Waals surface area contributed by atoms with E-state index in [0.717, 1.165) is 25.7 Å². The maximum Gasteiger partial charge on any atom is 0.312 e. The van der Waals surface area contributed by atoms with Gasteiger partial charge in [0.25, 0.3) is 0 Å². The molecular weight excluding hydrogens is 192 g/mol. The van der Waals surface area contributed by atoms with E-state index < -0.39 is 0 Å². The molecule has 1 rings (SSSR count). The number of allylic oxidation sites excluding steroid dienone is 1. The summed E-state index contributed by atoms with van der Waals surface area (Å²) in [7, 11) is 0. The first kappa shape index (κ1) is 12.2. The Morgan fingerprint density at radius 1 is 1.53 bits per heavy atom. The van der Waals surface area contributed by atoms with E-state index in [2.05, 4.69) is 6.58 Å². The van der Waals surface area contributed by atoms with Gasteiger partial charge < -0.3 is 9.47 Å². The molecule has 0 radical (unpaired) electrons. The zero-order chi connectivity index (χ0) is 11.1. The van der Waals surface area contributed by atoms with Crippen LogP contribution in [0.2, 0.25) is 0 Å². The van der Waals surface area contributed by atoms with Gasteiger partial charge in [-0.15, -0.1) is 6.58 Å². The van der Waals surface area contributed by atoms with Gasteiger partial charge in [-0.25, -0.2) is 0 Å². The highest BCUT2D eigenvalue weighted by atomic mass is 16.5. The van der Waals surface area contributed by atoms with Crippen LogP contribution in [0.25, 0.3) is 0 Å². The zero-order valence-electron chi connectivity index (χ0n) is 9.46. The molecule has 0 aromatic heterocycles. The summed E-state index contributed by atoms with van der Waals surface area (Å²) in [5, 5.41) is 0. The molecule has 0 amide bonds. The molecule has 0 saturated carbocycles. The molecule has 0 atom stereocenters. The molecule has 1 aliphatic heterocycles. The smallest absolute Gasteiger partial charge is 0.312 e. The van der Waals surface area contributed by atoms with Crippen molar-refractivity contribution in [1.29, 1.82) is 0 Å². The lowest BCUT2D eigenvalue weighted by Gasteiger charge is -2.34. The van der Waals surface area contributed by atoms with Gasteiger partial charge in [0.1, 0.15) is 0 Å². The van der Waals surface area contributed by atoms with E-state index in [1.54, 1.807) is 0 Å². The fourth-order valence-corrected chi connectivity index (χ4v) is 1.98. The molecule has 1 saturated heterocycles. The Hall–Kier alpha value is -0.830. The molecule has 0 aromatic rings. The van der Waals surface area contributed by atoms with E-state index in [1.807, 2.05) is 13.0 Å². The minimum Gasteiger partial charge on any atom is -0.466 e. The van der Waals surface area contributed by atoms with Crippen LogP contribution in [0.1, 0.15) is 32.6 Å². The summed E-state index contributed by atoms with van der Waals surface area (Å²) >= 11 is 0. The average molecular weight is 212 g/mol. The number of carbonyl (C=O) groups excluding carboxylic acids is 1. The first-order chi connectivity index (χ1) is 7.25. The third-order valence-electron chi connectivity index (χ3n) is 2.99. The molecule has 86 valence electrons. The van der Waals surface area contributed by atoms with Crippen molar-refractivity contribution in [1.82, 2.24) is 0 Å². The van der Waals surface area contributed by atoms with E-state index in [-0.39, 0.29) is 11.4 Å². The maximum atomic E-state index is 11.9. The lowest BCUT2D eigenvalue weighted by Crippen LogP contribution is -2.38. The van der Waals surface area contributed by atoms with Crippen molar-refractivity contribution in [3.05, 3.63) is 12.7 Å². The zero-order valence-corrected chi connectivity index (χ0v) is 9.46. The number of hydrogen-bond acceptors (Lipinski definition) is 3. The van der Waals surface area contributed by atoms with Crippen LogP contribution in [-0.4, -0.2) is 25.8 Å². The van der Waals surface area contributed by atoms with E-state index in [9.17, 15) is 4.79 Å². The second-order valence-corrected chi connectivity index (χ2v) is 3.94. The maximum absolute atomic E-state index is 11.9. The molecule has 0 aliphatic carbocycles. The van der Waals surface area contributed by atoms with Gasteiger partial charge in [0, 0.05) is 13.2 Å². The van der Waals surface area contributed by atoms with E-state index in [1.165, 1.54) is 0 Å². The highest BCUT2D eigenvalue weighted by Crippen LogP contribution is 2.36. The van der Waals surface area contributed by atoms with Gasteiger partial charge in [0.05, 0.1) is 12.0 Å². The third kappa shape index (κ3) is 3.06. The second-order valence-electron chi connectivity index (χ2n) is 3.94. The lowest BCUT2D eigenvalue weighted by atomic mass is 9.76.